The first-order valence-corrected chi connectivity index (χ1v) is 18.0. The van der Waals surface area contributed by atoms with Gasteiger partial charge in [0.05, 0.1) is 11.2 Å². The second-order valence-corrected chi connectivity index (χ2v) is 13.6. The molecule has 0 unspecified atom stereocenters. The van der Waals surface area contributed by atoms with Crippen LogP contribution in [0.2, 0.25) is 0 Å². The van der Waals surface area contributed by atoms with Gasteiger partial charge in [-0.1, -0.05) is 97.4 Å². The normalized spacial score (nSPS) is 11.8. The highest BCUT2D eigenvalue weighted by molar-refractivity contribution is 8.00. The van der Waals surface area contributed by atoms with E-state index in [1.165, 1.54) is 47.5 Å². The maximum atomic E-state index is 13.1. The Balaban J connectivity index is 1.27. The second-order valence-electron chi connectivity index (χ2n) is 12.3. The minimum Gasteiger partial charge on any atom is -0.481 e. The molecule has 0 aliphatic heterocycles. The molecule has 0 saturated heterocycles. The fourth-order valence-corrected chi connectivity index (χ4v) is 7.33. The summed E-state index contributed by atoms with van der Waals surface area (Å²) in [6.07, 6.45) is 1.05. The molecule has 0 aliphatic carbocycles. The number of aliphatic carboxylic acids is 1. The summed E-state index contributed by atoms with van der Waals surface area (Å²) in [5, 5.41) is 12.1. The summed E-state index contributed by atoms with van der Waals surface area (Å²) in [5.41, 5.74) is 3.54. The van der Waals surface area contributed by atoms with Crippen molar-refractivity contribution in [2.45, 2.75) is 56.4 Å². The summed E-state index contributed by atoms with van der Waals surface area (Å²) in [6.45, 7) is 1.21. The molecule has 0 bridgehead atoms. The van der Waals surface area contributed by atoms with Gasteiger partial charge in [0.15, 0.2) is 18.1 Å². The molecule has 3 amide bonds. The van der Waals surface area contributed by atoms with Crippen molar-refractivity contribution < 1.29 is 37.9 Å². The second kappa shape index (κ2) is 19.3. The van der Waals surface area contributed by atoms with Crippen molar-refractivity contribution in [1.82, 2.24) is 15.1 Å². The van der Waals surface area contributed by atoms with Crippen LogP contribution in [0.3, 0.4) is 0 Å². The quantitative estimate of drug-likeness (QED) is 0.0890. The molecule has 4 rings (SSSR count). The standard InChI is InChI=1S/C39H45N3O9S/c1-28-33(51-38(48)50-28)27-49-37(47)41(2)24-23-40-36(46)32(26-35(44)45)42(3)34(43)22-14-7-15-25-52-39(29-16-8-4-9-17-29,30-18-10-5-11-19-30)31-20-12-6-13-21-31/h4-6,8-13,16-21,32H,7,14-15,22-27H2,1-3H3,(H,40,46)(H,44,45)/t32-/m0/s1. The highest BCUT2D eigenvalue weighted by atomic mass is 32.2. The molecule has 0 fully saturated rings. The number of nitrogens with zero attached hydrogens (tertiary/aromatic N) is 2. The Morgan fingerprint density at radius 2 is 1.40 bits per heavy atom. The van der Waals surface area contributed by atoms with Crippen molar-refractivity contribution in [3.63, 3.8) is 0 Å². The zero-order valence-corrected chi connectivity index (χ0v) is 30.4. The monoisotopic (exact) mass is 731 g/mol. The molecule has 0 radical (unpaired) electrons. The number of nitrogens with one attached hydrogen (secondary N) is 1. The van der Waals surface area contributed by atoms with Gasteiger partial charge in [0.25, 0.3) is 0 Å². The van der Waals surface area contributed by atoms with Gasteiger partial charge < -0.3 is 33.8 Å². The fraction of sp³-hybridized carbons (Fsp3) is 0.359. The van der Waals surface area contributed by atoms with E-state index in [1.54, 1.807) is 0 Å². The summed E-state index contributed by atoms with van der Waals surface area (Å²) in [7, 11) is 2.87. The smallest absolute Gasteiger partial charge is 0.481 e. The molecule has 52 heavy (non-hydrogen) atoms. The first kappa shape index (κ1) is 39.5. The Hall–Kier alpha value is -5.30. The van der Waals surface area contributed by atoms with E-state index in [0.717, 1.165) is 18.6 Å². The average molecular weight is 732 g/mol. The van der Waals surface area contributed by atoms with Crippen LogP contribution in [-0.4, -0.2) is 77.8 Å². The molecule has 12 nitrogen and oxygen atoms in total. The first-order chi connectivity index (χ1) is 25.0. The van der Waals surface area contributed by atoms with E-state index >= 15 is 0 Å². The van der Waals surface area contributed by atoms with Crippen LogP contribution in [0.1, 0.15) is 60.3 Å². The molecular formula is C39H45N3O9S. The maximum Gasteiger partial charge on any atom is 0.519 e. The van der Waals surface area contributed by atoms with Crippen molar-refractivity contribution in [2.75, 3.05) is 32.9 Å². The van der Waals surface area contributed by atoms with Crippen LogP contribution in [0.5, 0.6) is 0 Å². The van der Waals surface area contributed by atoms with Crippen LogP contribution < -0.4 is 11.1 Å². The lowest BCUT2D eigenvalue weighted by Gasteiger charge is -2.35. The molecule has 3 aromatic carbocycles. The molecule has 1 aromatic heterocycles. The minimum atomic E-state index is -1.23. The number of benzene rings is 3. The van der Waals surface area contributed by atoms with Gasteiger partial charge in [-0.2, -0.15) is 0 Å². The minimum absolute atomic E-state index is 0.0174. The molecular weight excluding hydrogens is 687 g/mol. The average Bonchev–Trinajstić information content (AvgIpc) is 3.48. The Kier molecular flexibility index (Phi) is 14.7. The maximum absolute atomic E-state index is 13.1. The van der Waals surface area contributed by atoms with Crippen LogP contribution in [-0.2, 0) is 30.5 Å². The topological polar surface area (TPSA) is 160 Å². The van der Waals surface area contributed by atoms with E-state index in [0.29, 0.717) is 6.42 Å². The first-order valence-electron chi connectivity index (χ1n) is 17.1. The summed E-state index contributed by atoms with van der Waals surface area (Å²) in [5.74, 6) is -2.00. The summed E-state index contributed by atoms with van der Waals surface area (Å²) >= 11 is 1.86. The predicted octanol–water partition coefficient (Wildman–Crippen LogP) is 5.81. The summed E-state index contributed by atoms with van der Waals surface area (Å²) in [6, 6.07) is 30.1. The predicted molar refractivity (Wildman–Crippen MR) is 197 cm³/mol. The molecule has 0 saturated carbocycles. The zero-order chi connectivity index (χ0) is 37.5. The molecule has 0 spiro atoms. The number of amides is 3. The Morgan fingerprint density at radius 1 is 0.846 bits per heavy atom. The molecule has 2 N–H and O–H groups in total. The Bertz CT molecular complexity index is 1720. The Labute approximate surface area is 307 Å². The number of unbranched alkanes of at least 4 members (excludes halogenated alkanes) is 2. The van der Waals surface area contributed by atoms with Gasteiger partial charge in [0, 0.05) is 33.6 Å². The van der Waals surface area contributed by atoms with Crippen LogP contribution in [0.15, 0.2) is 105 Å². The molecule has 13 heteroatoms. The van der Waals surface area contributed by atoms with Crippen LogP contribution in [0.4, 0.5) is 4.79 Å². The lowest BCUT2D eigenvalue weighted by atomic mass is 9.84. The lowest BCUT2D eigenvalue weighted by molar-refractivity contribution is -0.145. The van der Waals surface area contributed by atoms with Crippen LogP contribution in [0, 0.1) is 6.92 Å². The number of likely N-dealkylation sites (N-methyl/N-ethyl adjacent to an activating group) is 2. The van der Waals surface area contributed by atoms with Gasteiger partial charge >= 0.3 is 17.9 Å². The van der Waals surface area contributed by atoms with E-state index in [4.69, 9.17) is 13.6 Å². The van der Waals surface area contributed by atoms with Crippen molar-refractivity contribution in [3.8, 4) is 0 Å². The van der Waals surface area contributed by atoms with Gasteiger partial charge in [-0.3, -0.25) is 14.4 Å². The lowest BCUT2D eigenvalue weighted by Crippen LogP contribution is -2.50. The summed E-state index contributed by atoms with van der Waals surface area (Å²) in [4.78, 5) is 63.6. The third-order valence-electron chi connectivity index (χ3n) is 8.65. The van der Waals surface area contributed by atoms with Gasteiger partial charge in [0.1, 0.15) is 6.04 Å². The van der Waals surface area contributed by atoms with E-state index in [-0.39, 0.29) is 43.5 Å². The van der Waals surface area contributed by atoms with Crippen molar-refractivity contribution in [2.24, 2.45) is 0 Å². The zero-order valence-electron chi connectivity index (χ0n) is 29.6. The Morgan fingerprint density at radius 3 is 1.90 bits per heavy atom. The molecule has 0 aliphatic rings. The number of carbonyl (C=O) groups excluding carboxylic acids is 3. The van der Waals surface area contributed by atoms with Crippen molar-refractivity contribution >= 4 is 35.6 Å². The number of aryl methyl sites for hydroxylation is 1. The number of carboxylic acids is 1. The third-order valence-corrected chi connectivity index (χ3v) is 10.3. The van der Waals surface area contributed by atoms with Crippen LogP contribution in [0.25, 0.3) is 0 Å². The third kappa shape index (κ3) is 10.6. The molecule has 4 aromatic rings. The highest BCUT2D eigenvalue weighted by Crippen LogP contribution is 2.48. The van der Waals surface area contributed by atoms with Crippen molar-refractivity contribution in [3.05, 3.63) is 130 Å². The van der Waals surface area contributed by atoms with E-state index in [9.17, 15) is 29.1 Å². The number of hydrogen-bond acceptors (Lipinski definition) is 9. The SMILES string of the molecule is Cc1oc(=O)oc1COC(=O)N(C)CCNC(=O)[C@H](CC(=O)O)N(C)C(=O)CCCCCSC(c1ccccc1)(c1ccccc1)c1ccccc1. The summed E-state index contributed by atoms with van der Waals surface area (Å²) < 4.78 is 14.2. The number of carbonyl (C=O) groups is 4. The number of hydrogen-bond donors (Lipinski definition) is 2. The van der Waals surface area contributed by atoms with E-state index in [1.807, 2.05) is 30.0 Å². The highest BCUT2D eigenvalue weighted by Gasteiger charge is 2.36. The van der Waals surface area contributed by atoms with Gasteiger partial charge in [-0.05, 0) is 42.2 Å². The largest absolute Gasteiger partial charge is 0.519 e. The number of carboxylic acid groups (broad SMARTS) is 1. The number of rotatable bonds is 19. The number of ether oxygens (including phenoxy) is 1. The van der Waals surface area contributed by atoms with E-state index < -0.39 is 41.0 Å². The van der Waals surface area contributed by atoms with Crippen molar-refractivity contribution in [1.29, 1.82) is 0 Å². The van der Waals surface area contributed by atoms with Gasteiger partial charge in [0.2, 0.25) is 11.8 Å². The van der Waals surface area contributed by atoms with E-state index in [2.05, 4.69) is 78.1 Å². The molecule has 1 heterocycles. The molecule has 1 atom stereocenters. The number of thioether (sulfide) groups is 1. The fourth-order valence-electron chi connectivity index (χ4n) is 5.77. The van der Waals surface area contributed by atoms with Gasteiger partial charge in [-0.15, -0.1) is 11.8 Å². The van der Waals surface area contributed by atoms with Crippen LogP contribution >= 0.6 is 11.8 Å². The van der Waals surface area contributed by atoms with Gasteiger partial charge in [-0.25, -0.2) is 9.59 Å². The molecule has 276 valence electrons.